The average Bonchev–Trinajstić information content (AvgIpc) is 3.26. The number of fused-ring (bicyclic) bond motifs is 1. The van der Waals surface area contributed by atoms with Crippen LogP contribution in [0.2, 0.25) is 0 Å². The van der Waals surface area contributed by atoms with Crippen LogP contribution in [0.4, 0.5) is 0 Å². The van der Waals surface area contributed by atoms with Gasteiger partial charge in [0.2, 0.25) is 5.91 Å². The third kappa shape index (κ3) is 4.34. The lowest BCUT2D eigenvalue weighted by Crippen LogP contribution is -2.46. The second-order valence-electron chi connectivity index (χ2n) is 8.34. The fourth-order valence-electron chi connectivity index (χ4n) is 4.74. The molecule has 0 radical (unpaired) electrons. The number of hydrogen-bond acceptors (Lipinski definition) is 3. The Morgan fingerprint density at radius 2 is 1.93 bits per heavy atom. The van der Waals surface area contributed by atoms with E-state index in [-0.39, 0.29) is 17.9 Å². The number of nitrogens with zero attached hydrogens (tertiary/aromatic N) is 1. The number of carbonyl (C=O) groups is 2. The number of amides is 2. The Bertz CT molecular complexity index is 697. The van der Waals surface area contributed by atoms with Gasteiger partial charge in [0, 0.05) is 25.2 Å². The largest absolute Gasteiger partial charge is 0.354 e. The van der Waals surface area contributed by atoms with Crippen LogP contribution < -0.4 is 10.6 Å². The van der Waals surface area contributed by atoms with Crippen LogP contribution in [-0.4, -0.2) is 48.9 Å². The molecular weight excluding hydrogens is 338 g/mol. The van der Waals surface area contributed by atoms with Crippen LogP contribution >= 0.6 is 0 Å². The molecule has 2 N–H and O–H groups in total. The molecule has 0 spiro atoms. The zero-order chi connectivity index (χ0) is 18.6. The van der Waals surface area contributed by atoms with Crippen LogP contribution in [-0.2, 0) is 17.6 Å². The van der Waals surface area contributed by atoms with Gasteiger partial charge in [-0.05, 0) is 87.1 Å². The van der Waals surface area contributed by atoms with Gasteiger partial charge in [0.1, 0.15) is 0 Å². The van der Waals surface area contributed by atoms with Crippen molar-refractivity contribution in [3.63, 3.8) is 0 Å². The summed E-state index contributed by atoms with van der Waals surface area (Å²) in [5.74, 6) is 0.619. The van der Waals surface area contributed by atoms with Crippen LogP contribution in [0.1, 0.15) is 60.0 Å². The van der Waals surface area contributed by atoms with Crippen molar-refractivity contribution in [1.29, 1.82) is 0 Å². The van der Waals surface area contributed by atoms with Gasteiger partial charge in [-0.1, -0.05) is 6.07 Å². The lowest BCUT2D eigenvalue weighted by atomic mass is 9.90. The summed E-state index contributed by atoms with van der Waals surface area (Å²) in [6.07, 6.45) is 8.82. The molecule has 2 atom stereocenters. The first kappa shape index (κ1) is 18.5. The van der Waals surface area contributed by atoms with Gasteiger partial charge in [0.05, 0.1) is 6.04 Å². The highest BCUT2D eigenvalue weighted by molar-refractivity contribution is 5.94. The molecule has 146 valence electrons. The minimum Gasteiger partial charge on any atom is -0.354 e. The van der Waals surface area contributed by atoms with Crippen LogP contribution in [0.15, 0.2) is 18.2 Å². The number of rotatable bonds is 4. The number of piperidine rings is 1. The number of carbonyl (C=O) groups excluding carboxylic acids is 2. The SMILES string of the molecule is O=C(NCC1CCCN(C(=O)c2ccc3c(c2)CCCC3)C1)C1CCCN1. The molecule has 0 aromatic heterocycles. The molecule has 5 heteroatoms. The highest BCUT2D eigenvalue weighted by Gasteiger charge is 2.27. The Morgan fingerprint density at radius 3 is 2.74 bits per heavy atom. The van der Waals surface area contributed by atoms with E-state index in [1.54, 1.807) is 0 Å². The van der Waals surface area contributed by atoms with Crippen LogP contribution in [0.5, 0.6) is 0 Å². The molecule has 0 bridgehead atoms. The molecular formula is C22H31N3O2. The van der Waals surface area contributed by atoms with E-state index in [1.807, 2.05) is 11.0 Å². The number of nitrogens with one attached hydrogen (secondary N) is 2. The van der Waals surface area contributed by atoms with E-state index in [4.69, 9.17) is 0 Å². The molecule has 2 heterocycles. The number of aryl methyl sites for hydroxylation is 2. The van der Waals surface area contributed by atoms with Crippen molar-refractivity contribution in [2.24, 2.45) is 5.92 Å². The third-order valence-corrected chi connectivity index (χ3v) is 6.34. The van der Waals surface area contributed by atoms with Crippen molar-refractivity contribution in [3.05, 3.63) is 34.9 Å². The van der Waals surface area contributed by atoms with E-state index in [1.165, 1.54) is 24.0 Å². The van der Waals surface area contributed by atoms with E-state index in [0.717, 1.165) is 63.7 Å². The molecule has 1 aromatic carbocycles. The second kappa shape index (κ2) is 8.42. The monoisotopic (exact) mass is 369 g/mol. The van der Waals surface area contributed by atoms with Crippen LogP contribution in [0.25, 0.3) is 0 Å². The van der Waals surface area contributed by atoms with E-state index in [2.05, 4.69) is 22.8 Å². The van der Waals surface area contributed by atoms with Gasteiger partial charge in [-0.2, -0.15) is 0 Å². The topological polar surface area (TPSA) is 61.4 Å². The van der Waals surface area contributed by atoms with E-state index >= 15 is 0 Å². The summed E-state index contributed by atoms with van der Waals surface area (Å²) in [6.45, 7) is 3.17. The van der Waals surface area contributed by atoms with Crippen molar-refractivity contribution >= 4 is 11.8 Å². The van der Waals surface area contributed by atoms with E-state index in [9.17, 15) is 9.59 Å². The smallest absolute Gasteiger partial charge is 0.253 e. The quantitative estimate of drug-likeness (QED) is 0.856. The van der Waals surface area contributed by atoms with Crippen molar-refractivity contribution in [3.8, 4) is 0 Å². The Labute approximate surface area is 161 Å². The number of benzene rings is 1. The van der Waals surface area contributed by atoms with Gasteiger partial charge in [-0.15, -0.1) is 0 Å². The van der Waals surface area contributed by atoms with Crippen molar-refractivity contribution < 1.29 is 9.59 Å². The van der Waals surface area contributed by atoms with Gasteiger partial charge in [-0.25, -0.2) is 0 Å². The summed E-state index contributed by atoms with van der Waals surface area (Å²) in [4.78, 5) is 27.2. The molecule has 5 nitrogen and oxygen atoms in total. The molecule has 2 unspecified atom stereocenters. The van der Waals surface area contributed by atoms with Gasteiger partial charge < -0.3 is 15.5 Å². The molecule has 1 aromatic rings. The Kier molecular flexibility index (Phi) is 5.77. The third-order valence-electron chi connectivity index (χ3n) is 6.34. The molecule has 27 heavy (non-hydrogen) atoms. The number of hydrogen-bond donors (Lipinski definition) is 2. The Morgan fingerprint density at radius 1 is 1.07 bits per heavy atom. The summed E-state index contributed by atoms with van der Waals surface area (Å²) in [5.41, 5.74) is 3.60. The summed E-state index contributed by atoms with van der Waals surface area (Å²) in [5, 5.41) is 6.34. The van der Waals surface area contributed by atoms with Crippen molar-refractivity contribution in [2.75, 3.05) is 26.2 Å². The molecule has 2 saturated heterocycles. The molecule has 3 aliphatic rings. The second-order valence-corrected chi connectivity index (χ2v) is 8.34. The fraction of sp³-hybridized carbons (Fsp3) is 0.636. The van der Waals surface area contributed by atoms with Crippen LogP contribution in [0.3, 0.4) is 0 Å². The maximum absolute atomic E-state index is 13.0. The normalized spacial score (nSPS) is 25.1. The molecule has 2 amide bonds. The van der Waals surface area contributed by atoms with Gasteiger partial charge in [0.25, 0.3) is 5.91 Å². The summed E-state index contributed by atoms with van der Waals surface area (Å²) >= 11 is 0. The summed E-state index contributed by atoms with van der Waals surface area (Å²) < 4.78 is 0. The lowest BCUT2D eigenvalue weighted by Gasteiger charge is -2.33. The first-order chi connectivity index (χ1) is 13.2. The Hall–Kier alpha value is -1.88. The molecule has 2 fully saturated rings. The summed E-state index contributed by atoms with van der Waals surface area (Å²) in [7, 11) is 0. The van der Waals surface area contributed by atoms with E-state index in [0.29, 0.717) is 12.5 Å². The Balaban J connectivity index is 1.33. The fourth-order valence-corrected chi connectivity index (χ4v) is 4.74. The molecule has 2 aliphatic heterocycles. The minimum absolute atomic E-state index is 0.0261. The number of likely N-dealkylation sites (tertiary alicyclic amines) is 1. The lowest BCUT2D eigenvalue weighted by molar-refractivity contribution is -0.123. The minimum atomic E-state index is -0.0261. The first-order valence-electron chi connectivity index (χ1n) is 10.6. The predicted molar refractivity (Wildman–Crippen MR) is 106 cm³/mol. The van der Waals surface area contributed by atoms with Crippen molar-refractivity contribution in [1.82, 2.24) is 15.5 Å². The molecule has 1 aliphatic carbocycles. The zero-order valence-corrected chi connectivity index (χ0v) is 16.1. The first-order valence-corrected chi connectivity index (χ1v) is 10.6. The maximum Gasteiger partial charge on any atom is 0.253 e. The summed E-state index contributed by atoms with van der Waals surface area (Å²) in [6, 6.07) is 6.25. The maximum atomic E-state index is 13.0. The van der Waals surface area contributed by atoms with Gasteiger partial charge in [0.15, 0.2) is 0 Å². The van der Waals surface area contributed by atoms with Crippen molar-refractivity contribution in [2.45, 2.75) is 57.4 Å². The van der Waals surface area contributed by atoms with E-state index < -0.39 is 0 Å². The highest BCUT2D eigenvalue weighted by atomic mass is 16.2. The van der Waals surface area contributed by atoms with Crippen LogP contribution in [0, 0.1) is 5.92 Å². The zero-order valence-electron chi connectivity index (χ0n) is 16.1. The highest BCUT2D eigenvalue weighted by Crippen LogP contribution is 2.24. The molecule has 0 saturated carbocycles. The predicted octanol–water partition coefficient (Wildman–Crippen LogP) is 2.29. The molecule has 4 rings (SSSR count). The standard InChI is InChI=1S/C22H31N3O2/c26-21(20-8-3-11-23-20)24-14-16-5-4-12-25(15-16)22(27)19-10-9-17-6-1-2-7-18(17)13-19/h9-10,13,16,20,23H,1-8,11-12,14-15H2,(H,24,26). The van der Waals surface area contributed by atoms with Gasteiger partial charge >= 0.3 is 0 Å². The average molecular weight is 370 g/mol. The van der Waals surface area contributed by atoms with Gasteiger partial charge in [-0.3, -0.25) is 9.59 Å².